The molecule has 0 bridgehead atoms. The molecule has 0 unspecified atom stereocenters. The van der Waals surface area contributed by atoms with Crippen LogP contribution in [-0.2, 0) is 6.54 Å². The molecule has 1 N–H and O–H groups in total. The second-order valence-electron chi connectivity index (χ2n) is 7.33. The summed E-state index contributed by atoms with van der Waals surface area (Å²) in [6.45, 7) is 5.04. The summed E-state index contributed by atoms with van der Waals surface area (Å²) in [5.74, 6) is -0.255. The van der Waals surface area contributed by atoms with Crippen molar-refractivity contribution in [3.05, 3.63) is 30.3 Å². The fraction of sp³-hybridized carbons (Fsp3) is 0.579. The molecule has 2 aromatic rings. The first kappa shape index (κ1) is 17.3. The number of fused-ring (bicyclic) bond motifs is 1. The van der Waals surface area contributed by atoms with Gasteiger partial charge in [-0.1, -0.05) is 12.8 Å². The van der Waals surface area contributed by atoms with Crippen molar-refractivity contribution in [2.45, 2.75) is 38.3 Å². The molecule has 1 aliphatic heterocycles. The van der Waals surface area contributed by atoms with Crippen molar-refractivity contribution in [1.29, 1.82) is 0 Å². The van der Waals surface area contributed by atoms with E-state index in [-0.39, 0.29) is 11.8 Å². The lowest BCUT2D eigenvalue weighted by atomic mass is 10.2. The SMILES string of the molecule is O=C(NC1CCCC1)N1CCN(CCn2cnc3cc(F)ccc32)CC1. The van der Waals surface area contributed by atoms with Gasteiger partial charge in [0.25, 0.3) is 0 Å². The number of benzene rings is 1. The minimum Gasteiger partial charge on any atom is -0.335 e. The highest BCUT2D eigenvalue weighted by molar-refractivity contribution is 5.75. The first-order valence-electron chi connectivity index (χ1n) is 9.57. The number of rotatable bonds is 4. The van der Waals surface area contributed by atoms with Crippen LogP contribution in [0.15, 0.2) is 24.5 Å². The van der Waals surface area contributed by atoms with Crippen molar-refractivity contribution >= 4 is 17.1 Å². The van der Waals surface area contributed by atoms with E-state index in [9.17, 15) is 9.18 Å². The predicted octanol–water partition coefficient (Wildman–Crippen LogP) is 2.45. The maximum absolute atomic E-state index is 13.3. The Morgan fingerprint density at radius 2 is 1.92 bits per heavy atom. The van der Waals surface area contributed by atoms with Crippen LogP contribution in [0.2, 0.25) is 0 Å². The number of halogens is 1. The first-order valence-corrected chi connectivity index (χ1v) is 9.57. The van der Waals surface area contributed by atoms with Gasteiger partial charge in [0.1, 0.15) is 5.82 Å². The number of carbonyl (C=O) groups is 1. The molecule has 2 fully saturated rings. The minimum absolute atomic E-state index is 0.0965. The van der Waals surface area contributed by atoms with Crippen LogP contribution in [0.25, 0.3) is 11.0 Å². The number of carbonyl (C=O) groups excluding carboxylic acids is 1. The summed E-state index contributed by atoms with van der Waals surface area (Å²) >= 11 is 0. The number of amides is 2. The van der Waals surface area contributed by atoms with Crippen molar-refractivity contribution < 1.29 is 9.18 Å². The van der Waals surface area contributed by atoms with E-state index in [4.69, 9.17) is 0 Å². The molecule has 0 radical (unpaired) electrons. The van der Waals surface area contributed by atoms with Crippen LogP contribution in [0.3, 0.4) is 0 Å². The van der Waals surface area contributed by atoms with Crippen molar-refractivity contribution in [3.63, 3.8) is 0 Å². The van der Waals surface area contributed by atoms with Gasteiger partial charge in [-0.2, -0.15) is 0 Å². The fourth-order valence-electron chi connectivity index (χ4n) is 3.97. The number of urea groups is 1. The van der Waals surface area contributed by atoms with Crippen LogP contribution in [0.1, 0.15) is 25.7 Å². The maximum atomic E-state index is 13.3. The fourth-order valence-corrected chi connectivity index (χ4v) is 3.97. The molecule has 6 nitrogen and oxygen atoms in total. The molecule has 1 saturated carbocycles. The Kier molecular flexibility index (Phi) is 5.06. The van der Waals surface area contributed by atoms with E-state index in [1.807, 2.05) is 4.90 Å². The lowest BCUT2D eigenvalue weighted by Crippen LogP contribution is -2.53. The zero-order valence-electron chi connectivity index (χ0n) is 15.0. The third-order valence-corrected chi connectivity index (χ3v) is 5.58. The normalized spacial score (nSPS) is 19.3. The number of hydrogen-bond acceptors (Lipinski definition) is 3. The van der Waals surface area contributed by atoms with Gasteiger partial charge in [0.15, 0.2) is 0 Å². The number of imidazole rings is 1. The molecule has 26 heavy (non-hydrogen) atoms. The molecule has 1 aromatic heterocycles. The zero-order chi connectivity index (χ0) is 17.9. The highest BCUT2D eigenvalue weighted by atomic mass is 19.1. The molecule has 1 aromatic carbocycles. The van der Waals surface area contributed by atoms with Gasteiger partial charge in [-0.3, -0.25) is 4.90 Å². The molecule has 0 atom stereocenters. The summed E-state index contributed by atoms with van der Waals surface area (Å²) in [5.41, 5.74) is 1.65. The Hall–Kier alpha value is -2.15. The largest absolute Gasteiger partial charge is 0.335 e. The first-order chi connectivity index (χ1) is 12.7. The van der Waals surface area contributed by atoms with E-state index < -0.39 is 0 Å². The van der Waals surface area contributed by atoms with E-state index >= 15 is 0 Å². The van der Waals surface area contributed by atoms with Crippen molar-refractivity contribution in [2.75, 3.05) is 32.7 Å². The van der Waals surface area contributed by atoms with Gasteiger partial charge in [0.2, 0.25) is 0 Å². The van der Waals surface area contributed by atoms with Gasteiger partial charge < -0.3 is 14.8 Å². The highest BCUT2D eigenvalue weighted by Gasteiger charge is 2.24. The van der Waals surface area contributed by atoms with Crippen molar-refractivity contribution in [1.82, 2.24) is 24.7 Å². The molecule has 2 heterocycles. The highest BCUT2D eigenvalue weighted by Crippen LogP contribution is 2.18. The van der Waals surface area contributed by atoms with E-state index in [2.05, 4.69) is 19.8 Å². The molecule has 1 aliphatic carbocycles. The summed E-state index contributed by atoms with van der Waals surface area (Å²) in [7, 11) is 0. The molecule has 1 saturated heterocycles. The number of aromatic nitrogens is 2. The van der Waals surface area contributed by atoms with Gasteiger partial charge in [0, 0.05) is 51.4 Å². The second-order valence-corrected chi connectivity index (χ2v) is 7.33. The standard InChI is InChI=1S/C19H26FN5O/c20-15-5-6-18-17(13-15)21-14-25(18)12-9-23-7-10-24(11-8-23)19(26)22-16-3-1-2-4-16/h5-6,13-14,16H,1-4,7-12H2,(H,22,26). The smallest absolute Gasteiger partial charge is 0.317 e. The van der Waals surface area contributed by atoms with Crippen LogP contribution in [0, 0.1) is 5.82 Å². The third kappa shape index (κ3) is 3.82. The molecular formula is C19H26FN5O. The zero-order valence-corrected chi connectivity index (χ0v) is 15.0. The van der Waals surface area contributed by atoms with E-state index in [0.717, 1.165) is 57.6 Å². The van der Waals surface area contributed by atoms with Crippen LogP contribution in [0.5, 0.6) is 0 Å². The number of nitrogens with one attached hydrogen (secondary N) is 1. The van der Waals surface area contributed by atoms with E-state index in [1.54, 1.807) is 12.4 Å². The molecule has 2 aliphatic rings. The van der Waals surface area contributed by atoms with Gasteiger partial charge in [-0.05, 0) is 25.0 Å². The molecule has 2 amide bonds. The summed E-state index contributed by atoms with van der Waals surface area (Å²) in [6, 6.07) is 5.19. The molecule has 140 valence electrons. The van der Waals surface area contributed by atoms with Crippen LogP contribution >= 0.6 is 0 Å². The Morgan fingerprint density at radius 1 is 1.15 bits per heavy atom. The molecular weight excluding hydrogens is 333 g/mol. The van der Waals surface area contributed by atoms with Gasteiger partial charge in [-0.15, -0.1) is 0 Å². The van der Waals surface area contributed by atoms with Gasteiger partial charge >= 0.3 is 6.03 Å². The summed E-state index contributed by atoms with van der Waals surface area (Å²) < 4.78 is 15.3. The minimum atomic E-state index is -0.255. The van der Waals surface area contributed by atoms with Gasteiger partial charge in [-0.25, -0.2) is 14.2 Å². The Labute approximate surface area is 153 Å². The van der Waals surface area contributed by atoms with Crippen LogP contribution in [-0.4, -0.2) is 64.1 Å². The van der Waals surface area contributed by atoms with Crippen LogP contribution in [0.4, 0.5) is 9.18 Å². The lowest BCUT2D eigenvalue weighted by Gasteiger charge is -2.35. The number of piperazine rings is 1. The van der Waals surface area contributed by atoms with E-state index in [0.29, 0.717) is 11.6 Å². The average molecular weight is 359 g/mol. The summed E-state index contributed by atoms with van der Waals surface area (Å²) in [5, 5.41) is 3.17. The average Bonchev–Trinajstić information content (AvgIpc) is 3.29. The maximum Gasteiger partial charge on any atom is 0.317 e. The monoisotopic (exact) mass is 359 g/mol. The Morgan fingerprint density at radius 3 is 2.69 bits per heavy atom. The van der Waals surface area contributed by atoms with Gasteiger partial charge in [0.05, 0.1) is 17.4 Å². The number of hydrogen-bond donors (Lipinski definition) is 1. The second kappa shape index (κ2) is 7.61. The molecule has 0 spiro atoms. The molecule has 7 heteroatoms. The quantitative estimate of drug-likeness (QED) is 0.912. The van der Waals surface area contributed by atoms with Crippen molar-refractivity contribution in [3.8, 4) is 0 Å². The number of nitrogens with zero attached hydrogens (tertiary/aromatic N) is 4. The Balaban J connectivity index is 1.25. The van der Waals surface area contributed by atoms with Crippen molar-refractivity contribution in [2.24, 2.45) is 0 Å². The van der Waals surface area contributed by atoms with E-state index in [1.165, 1.54) is 25.0 Å². The predicted molar refractivity (Wildman–Crippen MR) is 98.5 cm³/mol. The molecule has 4 rings (SSSR count). The summed E-state index contributed by atoms with van der Waals surface area (Å²) in [4.78, 5) is 20.9. The Bertz CT molecular complexity index is 762. The third-order valence-electron chi connectivity index (χ3n) is 5.58. The summed E-state index contributed by atoms with van der Waals surface area (Å²) in [6.07, 6.45) is 6.47. The lowest BCUT2D eigenvalue weighted by molar-refractivity contribution is 0.135. The van der Waals surface area contributed by atoms with Crippen LogP contribution < -0.4 is 5.32 Å². The topological polar surface area (TPSA) is 53.4 Å².